The van der Waals surface area contributed by atoms with Crippen molar-refractivity contribution >= 4 is 27.3 Å². The number of nitrogens with zero attached hydrogens (tertiary/aromatic N) is 4. The summed E-state index contributed by atoms with van der Waals surface area (Å²) in [6, 6.07) is 1.49. The minimum Gasteiger partial charge on any atom is -0.368 e. The van der Waals surface area contributed by atoms with Gasteiger partial charge in [-0.2, -0.15) is 4.52 Å². The average molecular weight is 309 g/mol. The highest BCUT2D eigenvalue weighted by atomic mass is 32.1. The quantitative estimate of drug-likeness (QED) is 0.816. The van der Waals surface area contributed by atoms with Crippen LogP contribution in [0.1, 0.15) is 32.4 Å². The van der Waals surface area contributed by atoms with Gasteiger partial charge in [0.05, 0.1) is 6.54 Å². The Kier molecular flexibility index (Phi) is 4.89. The predicted octanol–water partition coefficient (Wildman–Crippen LogP) is 0.805. The van der Waals surface area contributed by atoms with E-state index in [-0.39, 0.29) is 12.1 Å². The number of fused-ring (bicyclic) bond motifs is 1. The van der Waals surface area contributed by atoms with E-state index >= 15 is 0 Å². The number of hydrogen-bond donors (Lipinski definition) is 1. The van der Waals surface area contributed by atoms with Crippen LogP contribution < -0.4 is 16.2 Å². The number of aromatic nitrogens is 3. The van der Waals surface area contributed by atoms with Crippen molar-refractivity contribution in [3.8, 4) is 0 Å². The van der Waals surface area contributed by atoms with Gasteiger partial charge in [0.1, 0.15) is 0 Å². The van der Waals surface area contributed by atoms with Gasteiger partial charge in [0, 0.05) is 18.3 Å². The smallest absolute Gasteiger partial charge is 0.275 e. The third-order valence-corrected chi connectivity index (χ3v) is 4.02. The van der Waals surface area contributed by atoms with E-state index in [0.29, 0.717) is 23.1 Å². The molecule has 2 rings (SSSR count). The van der Waals surface area contributed by atoms with Crippen LogP contribution in [0.5, 0.6) is 0 Å². The van der Waals surface area contributed by atoms with E-state index in [1.54, 1.807) is 4.90 Å². The zero-order valence-electron chi connectivity index (χ0n) is 12.2. The minimum atomic E-state index is -0.417. The van der Waals surface area contributed by atoms with E-state index < -0.39 is 5.91 Å². The summed E-state index contributed by atoms with van der Waals surface area (Å²) in [5, 5.41) is 4.87. The molecule has 2 N–H and O–H groups in total. The van der Waals surface area contributed by atoms with Crippen molar-refractivity contribution in [2.24, 2.45) is 5.73 Å². The zero-order chi connectivity index (χ0) is 15.4. The molecule has 0 bridgehead atoms. The molecule has 21 heavy (non-hydrogen) atoms. The molecule has 0 fully saturated rings. The Morgan fingerprint density at radius 3 is 2.86 bits per heavy atom. The van der Waals surface area contributed by atoms with E-state index in [9.17, 15) is 9.59 Å². The molecule has 7 nitrogen and oxygen atoms in total. The largest absolute Gasteiger partial charge is 0.368 e. The van der Waals surface area contributed by atoms with Gasteiger partial charge in [0.2, 0.25) is 16.0 Å². The second kappa shape index (κ2) is 6.66. The second-order valence-corrected chi connectivity index (χ2v) is 5.69. The van der Waals surface area contributed by atoms with E-state index in [1.165, 1.54) is 21.9 Å². The molecular weight excluding hydrogens is 290 g/mol. The van der Waals surface area contributed by atoms with Gasteiger partial charge in [0.25, 0.3) is 5.56 Å². The SMILES string of the molecule is CCCCN(CC(N)=O)c1nn2c(=O)cc(CC)nc2s1. The summed E-state index contributed by atoms with van der Waals surface area (Å²) >= 11 is 1.30. The molecule has 0 atom stereocenters. The van der Waals surface area contributed by atoms with E-state index in [2.05, 4.69) is 17.0 Å². The van der Waals surface area contributed by atoms with Gasteiger partial charge in [-0.1, -0.05) is 31.6 Å². The Labute approximate surface area is 126 Å². The lowest BCUT2D eigenvalue weighted by Crippen LogP contribution is -2.34. The van der Waals surface area contributed by atoms with Crippen molar-refractivity contribution in [2.75, 3.05) is 18.0 Å². The molecule has 114 valence electrons. The number of rotatable bonds is 7. The van der Waals surface area contributed by atoms with Gasteiger partial charge in [0.15, 0.2) is 0 Å². The lowest BCUT2D eigenvalue weighted by atomic mass is 10.3. The van der Waals surface area contributed by atoms with Crippen LogP contribution in [0.2, 0.25) is 0 Å². The zero-order valence-corrected chi connectivity index (χ0v) is 13.0. The number of aryl methyl sites for hydroxylation is 1. The number of carbonyl (C=O) groups excluding carboxylic acids is 1. The molecule has 2 aromatic rings. The highest BCUT2D eigenvalue weighted by molar-refractivity contribution is 7.20. The first-order valence-corrected chi connectivity index (χ1v) is 7.79. The number of carbonyl (C=O) groups is 1. The van der Waals surface area contributed by atoms with Crippen molar-refractivity contribution in [1.82, 2.24) is 14.6 Å². The Bertz CT molecular complexity index is 693. The molecule has 0 saturated carbocycles. The maximum absolute atomic E-state index is 12.0. The first kappa shape index (κ1) is 15.4. The molecule has 0 saturated heterocycles. The Morgan fingerprint density at radius 1 is 1.48 bits per heavy atom. The molecular formula is C13H19N5O2S. The van der Waals surface area contributed by atoms with Crippen molar-refractivity contribution in [1.29, 1.82) is 0 Å². The fourth-order valence-corrected chi connectivity index (χ4v) is 2.89. The lowest BCUT2D eigenvalue weighted by Gasteiger charge is -2.18. The number of hydrogen-bond acceptors (Lipinski definition) is 6. The van der Waals surface area contributed by atoms with Gasteiger partial charge in [-0.3, -0.25) is 9.59 Å². The Hall–Kier alpha value is -1.96. The van der Waals surface area contributed by atoms with Crippen molar-refractivity contribution in [3.05, 3.63) is 22.1 Å². The van der Waals surface area contributed by atoms with Crippen molar-refractivity contribution in [3.63, 3.8) is 0 Å². The van der Waals surface area contributed by atoms with E-state index in [1.807, 2.05) is 6.92 Å². The fraction of sp³-hybridized carbons (Fsp3) is 0.538. The number of primary amides is 1. The summed E-state index contributed by atoms with van der Waals surface area (Å²) in [6.45, 7) is 4.78. The molecule has 2 heterocycles. The van der Waals surface area contributed by atoms with E-state index in [4.69, 9.17) is 5.73 Å². The number of unbranched alkanes of at least 4 members (excludes halogenated alkanes) is 1. The van der Waals surface area contributed by atoms with Crippen LogP contribution in [0.4, 0.5) is 5.13 Å². The molecule has 0 aliphatic rings. The highest BCUT2D eigenvalue weighted by Gasteiger charge is 2.16. The topological polar surface area (TPSA) is 93.6 Å². The van der Waals surface area contributed by atoms with Gasteiger partial charge in [-0.15, -0.1) is 5.10 Å². The average Bonchev–Trinajstić information content (AvgIpc) is 2.87. The van der Waals surface area contributed by atoms with Crippen LogP contribution in [0.3, 0.4) is 0 Å². The molecule has 0 aliphatic carbocycles. The van der Waals surface area contributed by atoms with Crippen LogP contribution in [0.15, 0.2) is 10.9 Å². The lowest BCUT2D eigenvalue weighted by molar-refractivity contribution is -0.116. The number of amides is 1. The van der Waals surface area contributed by atoms with Gasteiger partial charge >= 0.3 is 0 Å². The summed E-state index contributed by atoms with van der Waals surface area (Å²) in [4.78, 5) is 29.9. The van der Waals surface area contributed by atoms with E-state index in [0.717, 1.165) is 18.5 Å². The summed E-state index contributed by atoms with van der Waals surface area (Å²) < 4.78 is 1.28. The molecule has 0 aromatic carbocycles. The van der Waals surface area contributed by atoms with Crippen molar-refractivity contribution in [2.45, 2.75) is 33.1 Å². The first-order chi connectivity index (χ1) is 10.0. The molecule has 0 unspecified atom stereocenters. The minimum absolute atomic E-state index is 0.0925. The molecule has 8 heteroatoms. The predicted molar refractivity (Wildman–Crippen MR) is 82.8 cm³/mol. The molecule has 0 aliphatic heterocycles. The summed E-state index contributed by atoms with van der Waals surface area (Å²) in [7, 11) is 0. The monoisotopic (exact) mass is 309 g/mol. The Balaban J connectivity index is 2.40. The highest BCUT2D eigenvalue weighted by Crippen LogP contribution is 2.21. The third-order valence-electron chi connectivity index (χ3n) is 3.05. The standard InChI is InChI=1S/C13H19N5O2S/c1-3-5-6-17(8-10(14)19)13-16-18-11(20)7-9(4-2)15-12(18)21-13/h7H,3-6,8H2,1-2H3,(H2,14,19). The van der Waals surface area contributed by atoms with Gasteiger partial charge in [-0.05, 0) is 12.8 Å². The van der Waals surface area contributed by atoms with Gasteiger partial charge in [-0.25, -0.2) is 4.98 Å². The molecule has 0 radical (unpaired) electrons. The molecule has 2 aromatic heterocycles. The summed E-state index contributed by atoms with van der Waals surface area (Å²) in [5.41, 5.74) is 5.83. The van der Waals surface area contributed by atoms with Crippen LogP contribution >= 0.6 is 11.3 Å². The fourth-order valence-electron chi connectivity index (χ4n) is 1.93. The summed E-state index contributed by atoms with van der Waals surface area (Å²) in [6.07, 6.45) is 2.61. The van der Waals surface area contributed by atoms with Crippen LogP contribution in [-0.2, 0) is 11.2 Å². The third kappa shape index (κ3) is 3.57. The maximum Gasteiger partial charge on any atom is 0.275 e. The number of nitrogens with two attached hydrogens (primary N) is 1. The van der Waals surface area contributed by atoms with Gasteiger partial charge < -0.3 is 10.6 Å². The maximum atomic E-state index is 12.0. The van der Waals surface area contributed by atoms with Crippen LogP contribution in [0, 0.1) is 0 Å². The Morgan fingerprint density at radius 2 is 2.24 bits per heavy atom. The first-order valence-electron chi connectivity index (χ1n) is 6.98. The second-order valence-electron chi connectivity index (χ2n) is 4.76. The van der Waals surface area contributed by atoms with Crippen LogP contribution in [-0.4, -0.2) is 33.6 Å². The van der Waals surface area contributed by atoms with Crippen LogP contribution in [0.25, 0.3) is 4.96 Å². The molecule has 1 amide bonds. The number of anilines is 1. The normalized spacial score (nSPS) is 11.0. The summed E-state index contributed by atoms with van der Waals surface area (Å²) in [5.74, 6) is -0.417. The molecule has 0 spiro atoms. The van der Waals surface area contributed by atoms with Crippen molar-refractivity contribution < 1.29 is 4.79 Å².